The van der Waals surface area contributed by atoms with Gasteiger partial charge in [0, 0.05) is 0 Å². The van der Waals surface area contributed by atoms with Crippen LogP contribution in [0.3, 0.4) is 0 Å². The molecule has 184 valence electrons. The first-order valence-electron chi connectivity index (χ1n) is 12.3. The SMILES string of the molecule is C/C=C/COc1cc(C)c(OCC2CCC(COc3ccc(/C(C)=N\OC)cc3)CC2)c(C)c1. The lowest BCUT2D eigenvalue weighted by Gasteiger charge is -2.29. The Morgan fingerprint density at radius 1 is 0.882 bits per heavy atom. The van der Waals surface area contributed by atoms with Gasteiger partial charge in [-0.25, -0.2) is 0 Å². The molecule has 0 spiro atoms. The Hall–Kier alpha value is -2.95. The maximum Gasteiger partial charge on any atom is 0.125 e. The van der Waals surface area contributed by atoms with Crippen molar-refractivity contribution in [3.05, 3.63) is 65.2 Å². The number of rotatable bonds is 11. The predicted molar refractivity (Wildman–Crippen MR) is 138 cm³/mol. The quantitative estimate of drug-likeness (QED) is 0.206. The number of oxime groups is 1. The molecule has 0 N–H and O–H groups in total. The van der Waals surface area contributed by atoms with Gasteiger partial charge < -0.3 is 19.0 Å². The van der Waals surface area contributed by atoms with Crippen LogP contribution in [0.5, 0.6) is 17.2 Å². The molecule has 5 heteroatoms. The second kappa shape index (κ2) is 13.1. The van der Waals surface area contributed by atoms with E-state index in [2.05, 4.69) is 31.1 Å². The van der Waals surface area contributed by atoms with Gasteiger partial charge in [-0.1, -0.05) is 17.3 Å². The molecule has 1 aliphatic carbocycles. The van der Waals surface area contributed by atoms with Gasteiger partial charge in [0.15, 0.2) is 0 Å². The van der Waals surface area contributed by atoms with Crippen molar-refractivity contribution in [2.24, 2.45) is 17.0 Å². The molecule has 0 bridgehead atoms. The van der Waals surface area contributed by atoms with Crippen LogP contribution in [-0.2, 0) is 4.84 Å². The molecule has 34 heavy (non-hydrogen) atoms. The zero-order chi connectivity index (χ0) is 24.3. The van der Waals surface area contributed by atoms with Crippen LogP contribution in [0, 0.1) is 25.7 Å². The van der Waals surface area contributed by atoms with Gasteiger partial charge in [0.1, 0.15) is 31.0 Å². The molecule has 2 aromatic carbocycles. The van der Waals surface area contributed by atoms with Gasteiger partial charge >= 0.3 is 0 Å². The van der Waals surface area contributed by atoms with Crippen molar-refractivity contribution in [3.63, 3.8) is 0 Å². The zero-order valence-corrected chi connectivity index (χ0v) is 21.3. The minimum absolute atomic E-state index is 0.594. The molecule has 5 nitrogen and oxygen atoms in total. The topological polar surface area (TPSA) is 49.3 Å². The molecule has 1 aliphatic rings. The van der Waals surface area contributed by atoms with Crippen LogP contribution >= 0.6 is 0 Å². The van der Waals surface area contributed by atoms with Crippen LogP contribution in [0.1, 0.15) is 56.2 Å². The number of ether oxygens (including phenoxy) is 3. The lowest BCUT2D eigenvalue weighted by Crippen LogP contribution is -2.23. The monoisotopic (exact) mass is 465 g/mol. The first kappa shape index (κ1) is 25.7. The summed E-state index contributed by atoms with van der Waals surface area (Å²) in [4.78, 5) is 4.84. The van der Waals surface area contributed by atoms with Crippen molar-refractivity contribution in [2.45, 2.75) is 53.4 Å². The molecule has 0 unspecified atom stereocenters. The van der Waals surface area contributed by atoms with Crippen LogP contribution in [0.25, 0.3) is 0 Å². The average molecular weight is 466 g/mol. The Morgan fingerprint density at radius 2 is 1.47 bits per heavy atom. The Kier molecular flexibility index (Phi) is 9.87. The molecule has 0 heterocycles. The van der Waals surface area contributed by atoms with E-state index in [1.807, 2.05) is 50.3 Å². The third kappa shape index (κ3) is 7.54. The summed E-state index contributed by atoms with van der Waals surface area (Å²) in [5, 5.41) is 3.97. The Morgan fingerprint density at radius 3 is 2.03 bits per heavy atom. The first-order valence-corrected chi connectivity index (χ1v) is 12.3. The summed E-state index contributed by atoms with van der Waals surface area (Å²) in [7, 11) is 1.56. The maximum absolute atomic E-state index is 6.28. The van der Waals surface area contributed by atoms with Gasteiger partial charge in [-0.2, -0.15) is 0 Å². The summed E-state index contributed by atoms with van der Waals surface area (Å²) in [5.41, 5.74) is 4.16. The van der Waals surface area contributed by atoms with Crippen molar-refractivity contribution in [2.75, 3.05) is 26.9 Å². The number of hydrogen-bond donors (Lipinski definition) is 0. The van der Waals surface area contributed by atoms with E-state index in [0.29, 0.717) is 18.4 Å². The second-order valence-corrected chi connectivity index (χ2v) is 9.16. The fraction of sp³-hybridized carbons (Fsp3) is 0.483. The van der Waals surface area contributed by atoms with E-state index in [1.165, 1.54) is 25.7 Å². The normalized spacial score (nSPS) is 18.7. The standard InChI is InChI=1S/C29H39NO4/c1-6-7-16-32-28-17-21(2)29(22(3)18-28)34-20-25-10-8-24(9-11-25)19-33-27-14-12-26(13-15-27)23(4)30-31-5/h6-7,12-15,17-18,24-25H,8-11,16,19-20H2,1-5H3/b7-6+,30-23-. The summed E-state index contributed by atoms with van der Waals surface area (Å²) in [6, 6.07) is 12.2. The molecule has 0 radical (unpaired) electrons. The van der Waals surface area contributed by atoms with E-state index in [0.717, 1.165) is 52.9 Å². The van der Waals surface area contributed by atoms with Crippen LogP contribution in [0.4, 0.5) is 0 Å². The largest absolute Gasteiger partial charge is 0.493 e. The van der Waals surface area contributed by atoms with Crippen LogP contribution in [0.2, 0.25) is 0 Å². The van der Waals surface area contributed by atoms with E-state index < -0.39 is 0 Å². The van der Waals surface area contributed by atoms with Crippen molar-refractivity contribution in [1.29, 1.82) is 0 Å². The number of hydrogen-bond acceptors (Lipinski definition) is 5. The van der Waals surface area contributed by atoms with Crippen molar-refractivity contribution >= 4 is 5.71 Å². The van der Waals surface area contributed by atoms with Gasteiger partial charge in [-0.3, -0.25) is 0 Å². The Labute approximate surface area is 204 Å². The highest BCUT2D eigenvalue weighted by molar-refractivity contribution is 5.98. The molecular weight excluding hydrogens is 426 g/mol. The highest BCUT2D eigenvalue weighted by atomic mass is 16.6. The Balaban J connectivity index is 1.41. The smallest absolute Gasteiger partial charge is 0.125 e. The highest BCUT2D eigenvalue weighted by Gasteiger charge is 2.23. The summed E-state index contributed by atoms with van der Waals surface area (Å²) in [6.45, 7) is 10.3. The molecule has 3 rings (SSSR count). The Bertz CT molecular complexity index is 934. The number of allylic oxidation sites excluding steroid dienone is 1. The van der Waals surface area contributed by atoms with Crippen molar-refractivity contribution in [3.8, 4) is 17.2 Å². The first-order chi connectivity index (χ1) is 16.5. The highest BCUT2D eigenvalue weighted by Crippen LogP contribution is 2.33. The van der Waals surface area contributed by atoms with Gasteiger partial charge in [0.25, 0.3) is 0 Å². The molecule has 1 saturated carbocycles. The number of aryl methyl sites for hydroxylation is 2. The summed E-state index contributed by atoms with van der Waals surface area (Å²) < 4.78 is 18.1. The van der Waals surface area contributed by atoms with Crippen LogP contribution in [0.15, 0.2) is 53.7 Å². The molecule has 0 atom stereocenters. The van der Waals surface area contributed by atoms with E-state index in [9.17, 15) is 0 Å². The fourth-order valence-electron chi connectivity index (χ4n) is 4.42. The van der Waals surface area contributed by atoms with Crippen molar-refractivity contribution in [1.82, 2.24) is 0 Å². The lowest BCUT2D eigenvalue weighted by atomic mass is 9.83. The van der Waals surface area contributed by atoms with Gasteiger partial charge in [0.2, 0.25) is 0 Å². The van der Waals surface area contributed by atoms with Crippen molar-refractivity contribution < 1.29 is 19.0 Å². The van der Waals surface area contributed by atoms with Gasteiger partial charge in [-0.05, 0) is 118 Å². The lowest BCUT2D eigenvalue weighted by molar-refractivity contribution is 0.147. The molecule has 1 fully saturated rings. The minimum atomic E-state index is 0.594. The zero-order valence-electron chi connectivity index (χ0n) is 21.3. The summed E-state index contributed by atoms with van der Waals surface area (Å²) in [6.07, 6.45) is 8.73. The van der Waals surface area contributed by atoms with E-state index in [4.69, 9.17) is 19.0 Å². The molecule has 0 aromatic heterocycles. The van der Waals surface area contributed by atoms with Gasteiger partial charge in [0.05, 0.1) is 18.9 Å². The minimum Gasteiger partial charge on any atom is -0.493 e. The number of benzene rings is 2. The molecule has 2 aromatic rings. The molecule has 0 amide bonds. The van der Waals surface area contributed by atoms with Crippen LogP contribution in [-0.4, -0.2) is 32.6 Å². The van der Waals surface area contributed by atoms with E-state index in [-0.39, 0.29) is 0 Å². The summed E-state index contributed by atoms with van der Waals surface area (Å²) in [5.74, 6) is 4.00. The molecule has 0 saturated heterocycles. The number of nitrogens with zero attached hydrogens (tertiary/aromatic N) is 1. The molecular formula is C29H39NO4. The second-order valence-electron chi connectivity index (χ2n) is 9.16. The molecule has 0 aliphatic heterocycles. The third-order valence-electron chi connectivity index (χ3n) is 6.43. The third-order valence-corrected chi connectivity index (χ3v) is 6.43. The maximum atomic E-state index is 6.28. The average Bonchev–Trinajstić information content (AvgIpc) is 2.83. The van der Waals surface area contributed by atoms with Crippen LogP contribution < -0.4 is 14.2 Å². The predicted octanol–water partition coefficient (Wildman–Crippen LogP) is 6.89. The summed E-state index contributed by atoms with van der Waals surface area (Å²) >= 11 is 0. The van der Waals surface area contributed by atoms with E-state index >= 15 is 0 Å². The fourth-order valence-corrected chi connectivity index (χ4v) is 4.42. The van der Waals surface area contributed by atoms with E-state index in [1.54, 1.807) is 7.11 Å². The van der Waals surface area contributed by atoms with Gasteiger partial charge in [-0.15, -0.1) is 0 Å².